The van der Waals surface area contributed by atoms with Crippen LogP contribution in [0, 0.1) is 10.1 Å². The molecule has 0 radical (unpaired) electrons. The summed E-state index contributed by atoms with van der Waals surface area (Å²) in [5.74, 6) is -0.00196. The van der Waals surface area contributed by atoms with Crippen molar-refractivity contribution in [3.8, 4) is 11.5 Å². The van der Waals surface area contributed by atoms with Gasteiger partial charge in [0.05, 0.1) is 17.3 Å². The number of rotatable bonds is 6. The number of benzene rings is 2. The molecule has 0 unspecified atom stereocenters. The zero-order valence-corrected chi connectivity index (χ0v) is 19.5. The minimum atomic E-state index is -0.591. The molecule has 1 saturated heterocycles. The molecule has 36 heavy (non-hydrogen) atoms. The Hall–Kier alpha value is -4.64. The molecule has 11 heteroatoms. The van der Waals surface area contributed by atoms with E-state index in [9.17, 15) is 20.3 Å². The van der Waals surface area contributed by atoms with Crippen LogP contribution in [0.3, 0.4) is 0 Å². The summed E-state index contributed by atoms with van der Waals surface area (Å²) in [4.78, 5) is 23.9. The lowest BCUT2D eigenvalue weighted by atomic mass is 10.1. The number of aromatic hydroxyl groups is 2. The summed E-state index contributed by atoms with van der Waals surface area (Å²) in [6.07, 6.45) is 4.91. The van der Waals surface area contributed by atoms with Gasteiger partial charge in [-0.25, -0.2) is 9.97 Å². The number of likely N-dealkylation sites (N-methyl/N-ethyl adjacent to an activating group) is 1. The fourth-order valence-corrected chi connectivity index (χ4v) is 4.01. The summed E-state index contributed by atoms with van der Waals surface area (Å²) in [7, 11) is 2.10. The summed E-state index contributed by atoms with van der Waals surface area (Å²) in [5.41, 5.74) is 3.06. The third-order valence-electron chi connectivity index (χ3n) is 6.02. The number of nitrogens with one attached hydrogen (secondary N) is 1. The third kappa shape index (κ3) is 4.91. The fraction of sp³-hybridized carbons (Fsp3) is 0.200. The SMILES string of the molecule is CN1CCN(c2cc(Nc3ccc(O)c(O)c3)c3cnc(/C=C/c4ccc([N+](=O)[O-])o4)nc3c2)CC1. The van der Waals surface area contributed by atoms with Crippen LogP contribution in [0.25, 0.3) is 23.1 Å². The largest absolute Gasteiger partial charge is 0.504 e. The van der Waals surface area contributed by atoms with Crippen molar-refractivity contribution in [2.24, 2.45) is 0 Å². The van der Waals surface area contributed by atoms with Gasteiger partial charge in [0.1, 0.15) is 10.7 Å². The highest BCUT2D eigenvalue weighted by atomic mass is 16.6. The monoisotopic (exact) mass is 488 g/mol. The van der Waals surface area contributed by atoms with E-state index in [4.69, 9.17) is 9.40 Å². The molecule has 2 aromatic heterocycles. The predicted octanol–water partition coefficient (Wildman–Crippen LogP) is 4.21. The molecule has 3 heterocycles. The fourth-order valence-electron chi connectivity index (χ4n) is 4.01. The minimum Gasteiger partial charge on any atom is -0.504 e. The van der Waals surface area contributed by atoms with Crippen molar-refractivity contribution in [3.05, 3.63) is 70.4 Å². The topological polar surface area (TPSA) is 141 Å². The van der Waals surface area contributed by atoms with E-state index in [1.54, 1.807) is 24.4 Å². The van der Waals surface area contributed by atoms with E-state index < -0.39 is 4.92 Å². The van der Waals surface area contributed by atoms with E-state index >= 15 is 0 Å². The molecule has 3 N–H and O–H groups in total. The molecule has 5 rings (SSSR count). The lowest BCUT2D eigenvalue weighted by Crippen LogP contribution is -2.44. The summed E-state index contributed by atoms with van der Waals surface area (Å²) in [6.45, 7) is 3.63. The van der Waals surface area contributed by atoms with Crippen LogP contribution in [-0.2, 0) is 0 Å². The van der Waals surface area contributed by atoms with Gasteiger partial charge in [-0.15, -0.1) is 0 Å². The summed E-state index contributed by atoms with van der Waals surface area (Å²) >= 11 is 0. The number of phenols is 2. The third-order valence-corrected chi connectivity index (χ3v) is 6.02. The number of hydrogen-bond donors (Lipinski definition) is 3. The van der Waals surface area contributed by atoms with E-state index in [0.29, 0.717) is 22.8 Å². The molecule has 1 aliphatic rings. The highest BCUT2D eigenvalue weighted by Crippen LogP contribution is 2.34. The van der Waals surface area contributed by atoms with Crippen LogP contribution in [-0.4, -0.2) is 63.2 Å². The Balaban J connectivity index is 1.51. The second kappa shape index (κ2) is 9.55. The number of nitro groups is 1. The van der Waals surface area contributed by atoms with Crippen LogP contribution in [0.5, 0.6) is 11.5 Å². The highest BCUT2D eigenvalue weighted by Gasteiger charge is 2.17. The van der Waals surface area contributed by atoms with Crippen molar-refractivity contribution >= 4 is 46.0 Å². The van der Waals surface area contributed by atoms with E-state index in [2.05, 4.69) is 27.1 Å². The lowest BCUT2D eigenvalue weighted by molar-refractivity contribution is -0.402. The number of anilines is 3. The lowest BCUT2D eigenvalue weighted by Gasteiger charge is -2.34. The molecule has 4 aromatic rings. The number of piperazine rings is 1. The zero-order valence-electron chi connectivity index (χ0n) is 19.5. The van der Waals surface area contributed by atoms with Gasteiger partial charge < -0.3 is 29.7 Å². The number of furan rings is 1. The van der Waals surface area contributed by atoms with Crippen LogP contribution < -0.4 is 10.2 Å². The highest BCUT2D eigenvalue weighted by molar-refractivity contribution is 5.96. The molecule has 0 atom stereocenters. The normalized spacial score (nSPS) is 14.5. The Kier molecular flexibility index (Phi) is 6.13. The molecule has 184 valence electrons. The first kappa shape index (κ1) is 23.1. The average Bonchev–Trinajstić information content (AvgIpc) is 3.35. The Morgan fingerprint density at radius 1 is 1.06 bits per heavy atom. The van der Waals surface area contributed by atoms with Crippen LogP contribution in [0.4, 0.5) is 22.9 Å². The maximum Gasteiger partial charge on any atom is 0.433 e. The smallest absolute Gasteiger partial charge is 0.433 e. The average molecular weight is 489 g/mol. The van der Waals surface area contributed by atoms with Crippen LogP contribution in [0.1, 0.15) is 11.6 Å². The van der Waals surface area contributed by atoms with Gasteiger partial charge in [0, 0.05) is 55.2 Å². The van der Waals surface area contributed by atoms with Gasteiger partial charge >= 0.3 is 5.88 Å². The van der Waals surface area contributed by atoms with Gasteiger partial charge in [-0.3, -0.25) is 10.1 Å². The van der Waals surface area contributed by atoms with Gasteiger partial charge in [0.25, 0.3) is 0 Å². The van der Waals surface area contributed by atoms with Crippen molar-refractivity contribution < 1.29 is 19.6 Å². The van der Waals surface area contributed by atoms with Crippen LogP contribution >= 0.6 is 0 Å². The van der Waals surface area contributed by atoms with E-state index in [1.165, 1.54) is 24.3 Å². The molecule has 0 saturated carbocycles. The predicted molar refractivity (Wildman–Crippen MR) is 137 cm³/mol. The Morgan fingerprint density at radius 2 is 1.86 bits per heavy atom. The maximum absolute atomic E-state index is 10.8. The molecule has 2 aromatic carbocycles. The second-order valence-electron chi connectivity index (χ2n) is 8.54. The van der Waals surface area contributed by atoms with E-state index in [1.807, 2.05) is 12.1 Å². The first-order chi connectivity index (χ1) is 17.4. The molecule has 1 fully saturated rings. The first-order valence-electron chi connectivity index (χ1n) is 11.3. The van der Waals surface area contributed by atoms with Gasteiger partial charge in [0.15, 0.2) is 17.3 Å². The molecule has 11 nitrogen and oxygen atoms in total. The number of nitrogens with zero attached hydrogens (tertiary/aromatic N) is 5. The first-order valence-corrected chi connectivity index (χ1v) is 11.3. The van der Waals surface area contributed by atoms with E-state index in [-0.39, 0.29) is 17.4 Å². The van der Waals surface area contributed by atoms with Crippen molar-refractivity contribution in [1.29, 1.82) is 0 Å². The van der Waals surface area contributed by atoms with Crippen molar-refractivity contribution in [1.82, 2.24) is 14.9 Å². The van der Waals surface area contributed by atoms with Gasteiger partial charge in [-0.1, -0.05) is 0 Å². The van der Waals surface area contributed by atoms with Crippen molar-refractivity contribution in [2.75, 3.05) is 43.4 Å². The number of phenolic OH excluding ortho intramolecular Hbond substituents is 2. The Morgan fingerprint density at radius 3 is 2.58 bits per heavy atom. The van der Waals surface area contributed by atoms with Gasteiger partial charge in [-0.2, -0.15) is 0 Å². The molecular weight excluding hydrogens is 464 g/mol. The molecule has 0 bridgehead atoms. The minimum absolute atomic E-state index is 0.196. The quantitative estimate of drug-likeness (QED) is 0.156. The van der Waals surface area contributed by atoms with Gasteiger partial charge in [-0.05, 0) is 49.5 Å². The maximum atomic E-state index is 10.8. The number of aromatic nitrogens is 2. The van der Waals surface area contributed by atoms with Gasteiger partial charge in [0.2, 0.25) is 0 Å². The Bertz CT molecular complexity index is 1460. The number of hydrogen-bond acceptors (Lipinski definition) is 10. The van der Waals surface area contributed by atoms with E-state index in [0.717, 1.165) is 42.9 Å². The standard InChI is InChI=1S/C25H24N6O5/c1-29-8-10-30(11-9-29)17-13-20(27-16-2-5-22(32)23(33)12-16)19-15-26-24(28-21(19)14-17)6-3-18-4-7-25(36-18)31(34)35/h2-7,12-15,27,32-33H,8-11H2,1H3/b6-3+. The number of fused-ring (bicyclic) bond motifs is 1. The summed E-state index contributed by atoms with van der Waals surface area (Å²) in [5, 5.41) is 34.5. The molecule has 0 spiro atoms. The zero-order chi connectivity index (χ0) is 25.2. The molecule has 1 aliphatic heterocycles. The van der Waals surface area contributed by atoms with Crippen molar-refractivity contribution in [2.45, 2.75) is 0 Å². The summed E-state index contributed by atoms with van der Waals surface area (Å²) in [6, 6.07) is 11.4. The molecular formula is C25H24N6O5. The van der Waals surface area contributed by atoms with Crippen LogP contribution in [0.15, 0.2) is 53.1 Å². The Labute approximate surface area is 206 Å². The molecule has 0 aliphatic carbocycles. The van der Waals surface area contributed by atoms with Crippen molar-refractivity contribution in [3.63, 3.8) is 0 Å². The second-order valence-corrected chi connectivity index (χ2v) is 8.54. The molecule has 0 amide bonds. The van der Waals surface area contributed by atoms with Crippen LogP contribution in [0.2, 0.25) is 0 Å². The summed E-state index contributed by atoms with van der Waals surface area (Å²) < 4.78 is 5.16.